The summed E-state index contributed by atoms with van der Waals surface area (Å²) in [5.74, 6) is -0.0424. The van der Waals surface area contributed by atoms with Gasteiger partial charge in [0, 0.05) is 6.04 Å². The van der Waals surface area contributed by atoms with Crippen LogP contribution in [-0.4, -0.2) is 18.0 Å². The number of carbonyl (C=O) groups excluding carboxylic acids is 1. The number of benzene rings is 1. The van der Waals surface area contributed by atoms with Crippen LogP contribution in [0.5, 0.6) is 0 Å². The highest BCUT2D eigenvalue weighted by Crippen LogP contribution is 2.22. The van der Waals surface area contributed by atoms with Gasteiger partial charge in [0.05, 0.1) is 23.0 Å². The van der Waals surface area contributed by atoms with Crippen molar-refractivity contribution in [1.29, 1.82) is 5.26 Å². The highest BCUT2D eigenvalue weighted by Gasteiger charge is 2.25. The number of rotatable bonds is 4. The summed E-state index contributed by atoms with van der Waals surface area (Å²) < 4.78 is 0. The average Bonchev–Trinajstić information content (AvgIpc) is 3.15. The lowest BCUT2D eigenvalue weighted by Gasteiger charge is -2.16. The van der Waals surface area contributed by atoms with Crippen molar-refractivity contribution in [3.63, 3.8) is 0 Å². The van der Waals surface area contributed by atoms with Gasteiger partial charge in [-0.15, -0.1) is 0 Å². The van der Waals surface area contributed by atoms with E-state index in [1.807, 2.05) is 6.07 Å². The van der Waals surface area contributed by atoms with Crippen LogP contribution in [0.25, 0.3) is 0 Å². The molecule has 0 heterocycles. The molecule has 1 saturated carbocycles. The van der Waals surface area contributed by atoms with Crippen LogP contribution in [0, 0.1) is 11.3 Å². The van der Waals surface area contributed by atoms with Crippen LogP contribution in [0.1, 0.15) is 25.3 Å². The number of nitrogens with zero attached hydrogens (tertiary/aromatic N) is 1. The van der Waals surface area contributed by atoms with Gasteiger partial charge < -0.3 is 16.4 Å². The van der Waals surface area contributed by atoms with E-state index in [-0.39, 0.29) is 11.9 Å². The molecule has 0 bridgehead atoms. The summed E-state index contributed by atoms with van der Waals surface area (Å²) in [5, 5.41) is 14.8. The zero-order valence-electron chi connectivity index (χ0n) is 10.2. The molecule has 18 heavy (non-hydrogen) atoms. The number of nitrogens with two attached hydrogens (primary N) is 1. The van der Waals surface area contributed by atoms with Crippen LogP contribution in [0.3, 0.4) is 0 Å². The topological polar surface area (TPSA) is 90.9 Å². The maximum atomic E-state index is 11.8. The lowest BCUT2D eigenvalue weighted by Crippen LogP contribution is -2.38. The van der Waals surface area contributed by atoms with Crippen LogP contribution in [0.15, 0.2) is 18.2 Å². The van der Waals surface area contributed by atoms with E-state index in [4.69, 9.17) is 11.0 Å². The zero-order valence-corrected chi connectivity index (χ0v) is 10.2. The predicted molar refractivity (Wildman–Crippen MR) is 69.8 cm³/mol. The van der Waals surface area contributed by atoms with Gasteiger partial charge in [-0.25, -0.2) is 0 Å². The third kappa shape index (κ3) is 2.92. The zero-order chi connectivity index (χ0) is 13.1. The largest absolute Gasteiger partial charge is 0.397 e. The second-order valence-electron chi connectivity index (χ2n) is 4.56. The second-order valence-corrected chi connectivity index (χ2v) is 4.56. The van der Waals surface area contributed by atoms with Crippen molar-refractivity contribution in [3.8, 4) is 6.07 Å². The summed E-state index contributed by atoms with van der Waals surface area (Å²) >= 11 is 0. The van der Waals surface area contributed by atoms with Gasteiger partial charge >= 0.3 is 0 Å². The summed E-state index contributed by atoms with van der Waals surface area (Å²) in [6, 6.07) is 6.96. The maximum absolute atomic E-state index is 11.8. The normalized spacial score (nSPS) is 15.6. The van der Waals surface area contributed by atoms with Gasteiger partial charge in [0.15, 0.2) is 0 Å². The molecule has 0 aromatic heterocycles. The Labute approximate surface area is 106 Å². The van der Waals surface area contributed by atoms with E-state index in [9.17, 15) is 4.79 Å². The number of anilines is 2. The summed E-state index contributed by atoms with van der Waals surface area (Å²) in [6.45, 7) is 1.77. The SMILES string of the molecule is CC(Nc1cc(C#N)ccc1N)C(=O)NC1CC1. The molecule has 1 aromatic rings. The van der Waals surface area contributed by atoms with E-state index < -0.39 is 0 Å². The van der Waals surface area contributed by atoms with E-state index in [1.165, 1.54) is 0 Å². The molecule has 1 aliphatic rings. The highest BCUT2D eigenvalue weighted by atomic mass is 16.2. The predicted octanol–water partition coefficient (Wildman–Crippen LogP) is 1.22. The molecule has 1 amide bonds. The summed E-state index contributed by atoms with van der Waals surface area (Å²) in [6.07, 6.45) is 2.12. The first-order valence-electron chi connectivity index (χ1n) is 5.96. The van der Waals surface area contributed by atoms with Crippen molar-refractivity contribution in [1.82, 2.24) is 5.32 Å². The minimum absolute atomic E-state index is 0.0424. The number of hydrogen-bond acceptors (Lipinski definition) is 4. The van der Waals surface area contributed by atoms with Gasteiger partial charge in [-0.1, -0.05) is 0 Å². The molecule has 1 aliphatic carbocycles. The highest BCUT2D eigenvalue weighted by molar-refractivity contribution is 5.86. The third-order valence-electron chi connectivity index (χ3n) is 2.87. The van der Waals surface area contributed by atoms with Crippen molar-refractivity contribution >= 4 is 17.3 Å². The lowest BCUT2D eigenvalue weighted by molar-refractivity contribution is -0.121. The van der Waals surface area contributed by atoms with E-state index in [0.717, 1.165) is 12.8 Å². The molecule has 0 saturated heterocycles. The first-order valence-corrected chi connectivity index (χ1v) is 5.96. The fourth-order valence-electron chi connectivity index (χ4n) is 1.60. The molecule has 0 spiro atoms. The number of nitrogens with one attached hydrogen (secondary N) is 2. The molecule has 0 radical (unpaired) electrons. The Balaban J connectivity index is 2.03. The van der Waals surface area contributed by atoms with Gasteiger partial charge in [-0.2, -0.15) is 5.26 Å². The van der Waals surface area contributed by atoms with Crippen LogP contribution in [-0.2, 0) is 4.79 Å². The van der Waals surface area contributed by atoms with E-state index in [2.05, 4.69) is 10.6 Å². The molecule has 5 heteroatoms. The fraction of sp³-hybridized carbons (Fsp3) is 0.385. The average molecular weight is 244 g/mol. The second kappa shape index (κ2) is 4.96. The molecule has 0 aliphatic heterocycles. The Kier molecular flexibility index (Phi) is 3.38. The standard InChI is InChI=1S/C13H16N4O/c1-8(13(18)17-10-3-4-10)16-12-6-9(7-14)2-5-11(12)15/h2,5-6,8,10,16H,3-4,15H2,1H3,(H,17,18). The van der Waals surface area contributed by atoms with Crippen molar-refractivity contribution < 1.29 is 4.79 Å². The quantitative estimate of drug-likeness (QED) is 0.694. The van der Waals surface area contributed by atoms with Gasteiger partial charge in [-0.05, 0) is 38.0 Å². The molecule has 2 rings (SSSR count). The molecule has 1 aromatic carbocycles. The first kappa shape index (κ1) is 12.2. The maximum Gasteiger partial charge on any atom is 0.242 e. The Bertz CT molecular complexity index is 502. The lowest BCUT2D eigenvalue weighted by atomic mass is 10.1. The molecule has 1 fully saturated rings. The number of amides is 1. The number of nitriles is 1. The summed E-state index contributed by atoms with van der Waals surface area (Å²) in [5.41, 5.74) is 7.46. The van der Waals surface area contributed by atoms with Crippen LogP contribution < -0.4 is 16.4 Å². The molecule has 4 N–H and O–H groups in total. The van der Waals surface area contributed by atoms with Gasteiger partial charge in [0.2, 0.25) is 5.91 Å². The molecule has 94 valence electrons. The Morgan fingerprint density at radius 3 is 2.89 bits per heavy atom. The molecule has 1 unspecified atom stereocenters. The number of nitrogen functional groups attached to an aromatic ring is 1. The van der Waals surface area contributed by atoms with E-state index in [0.29, 0.717) is 23.0 Å². The monoisotopic (exact) mass is 244 g/mol. The molecule has 5 nitrogen and oxygen atoms in total. The molecular formula is C13H16N4O. The van der Waals surface area contributed by atoms with Gasteiger partial charge in [0.1, 0.15) is 6.04 Å². The smallest absolute Gasteiger partial charge is 0.242 e. The van der Waals surface area contributed by atoms with Gasteiger partial charge in [-0.3, -0.25) is 4.79 Å². The van der Waals surface area contributed by atoms with Gasteiger partial charge in [0.25, 0.3) is 0 Å². The van der Waals surface area contributed by atoms with Crippen LogP contribution in [0.2, 0.25) is 0 Å². The number of hydrogen-bond donors (Lipinski definition) is 3. The van der Waals surface area contributed by atoms with Crippen LogP contribution >= 0.6 is 0 Å². The van der Waals surface area contributed by atoms with E-state index in [1.54, 1.807) is 25.1 Å². The minimum atomic E-state index is -0.373. The van der Waals surface area contributed by atoms with Crippen molar-refractivity contribution in [3.05, 3.63) is 23.8 Å². The first-order chi connectivity index (χ1) is 8.60. The van der Waals surface area contributed by atoms with Crippen LogP contribution in [0.4, 0.5) is 11.4 Å². The van der Waals surface area contributed by atoms with Crippen molar-refractivity contribution in [2.24, 2.45) is 0 Å². The third-order valence-corrected chi connectivity index (χ3v) is 2.87. The van der Waals surface area contributed by atoms with Crippen molar-refractivity contribution in [2.45, 2.75) is 31.8 Å². The Morgan fingerprint density at radius 2 is 2.28 bits per heavy atom. The summed E-state index contributed by atoms with van der Waals surface area (Å²) in [7, 11) is 0. The molecular weight excluding hydrogens is 228 g/mol. The molecule has 1 atom stereocenters. The van der Waals surface area contributed by atoms with E-state index >= 15 is 0 Å². The Morgan fingerprint density at radius 1 is 1.56 bits per heavy atom. The fourth-order valence-corrected chi connectivity index (χ4v) is 1.60. The summed E-state index contributed by atoms with van der Waals surface area (Å²) in [4.78, 5) is 11.8. The minimum Gasteiger partial charge on any atom is -0.397 e. The Hall–Kier alpha value is -2.22. The van der Waals surface area contributed by atoms with Crippen molar-refractivity contribution in [2.75, 3.05) is 11.1 Å². The number of carbonyl (C=O) groups is 1.